The van der Waals surface area contributed by atoms with Crippen molar-refractivity contribution >= 4 is 10.0 Å². The summed E-state index contributed by atoms with van der Waals surface area (Å²) in [6, 6.07) is 1.87. The van der Waals surface area contributed by atoms with Crippen LogP contribution in [0.5, 0.6) is 0 Å². The number of sulfonamides is 1. The molecule has 0 aromatic carbocycles. The molecule has 0 unspecified atom stereocenters. The van der Waals surface area contributed by atoms with E-state index in [2.05, 4.69) is 9.97 Å². The zero-order valence-corrected chi connectivity index (χ0v) is 11.8. The van der Waals surface area contributed by atoms with Gasteiger partial charge in [-0.05, 0) is 26.3 Å². The average Bonchev–Trinajstić information content (AvgIpc) is 2.25. The molecule has 1 aromatic heterocycles. The molecule has 0 bridgehead atoms. The normalized spacial score (nSPS) is 19.5. The number of hydrogen-bond acceptors (Lipinski definition) is 4. The lowest BCUT2D eigenvalue weighted by molar-refractivity contribution is 0.257. The summed E-state index contributed by atoms with van der Waals surface area (Å²) in [5.74, 6) is 0.946. The van der Waals surface area contributed by atoms with Crippen molar-refractivity contribution in [3.63, 3.8) is 0 Å². The standard InChI is InChI=1S/C12H19N3O2S/c1-4-9(2)18(16,17)15-7-11(8-15)12-5-6-13-10(3)14-12/h5-6,9,11H,4,7-8H2,1-3H3/t9-/m0/s1. The summed E-state index contributed by atoms with van der Waals surface area (Å²) in [6.45, 7) is 6.59. The van der Waals surface area contributed by atoms with Crippen molar-refractivity contribution in [2.75, 3.05) is 13.1 Å². The number of aromatic nitrogens is 2. The molecule has 0 spiro atoms. The van der Waals surface area contributed by atoms with Crippen LogP contribution in [0.3, 0.4) is 0 Å². The summed E-state index contributed by atoms with van der Waals surface area (Å²) in [7, 11) is -3.11. The van der Waals surface area contributed by atoms with Crippen molar-refractivity contribution in [3.8, 4) is 0 Å². The predicted molar refractivity (Wildman–Crippen MR) is 69.8 cm³/mol. The van der Waals surface area contributed by atoms with Crippen LogP contribution >= 0.6 is 0 Å². The Morgan fingerprint density at radius 1 is 1.50 bits per heavy atom. The second-order valence-electron chi connectivity index (χ2n) is 4.81. The highest BCUT2D eigenvalue weighted by Crippen LogP contribution is 2.29. The fourth-order valence-corrected chi connectivity index (χ4v) is 3.71. The molecule has 1 aliphatic heterocycles. The molecule has 1 aromatic rings. The average molecular weight is 269 g/mol. The van der Waals surface area contributed by atoms with E-state index in [9.17, 15) is 8.42 Å². The van der Waals surface area contributed by atoms with Crippen LogP contribution in [0.2, 0.25) is 0 Å². The van der Waals surface area contributed by atoms with Gasteiger partial charge in [0.05, 0.1) is 5.25 Å². The molecule has 100 valence electrons. The molecule has 6 heteroatoms. The minimum absolute atomic E-state index is 0.213. The highest BCUT2D eigenvalue weighted by Gasteiger charge is 2.39. The van der Waals surface area contributed by atoms with E-state index in [1.54, 1.807) is 17.4 Å². The first kappa shape index (κ1) is 13.4. The van der Waals surface area contributed by atoms with E-state index >= 15 is 0 Å². The Morgan fingerprint density at radius 3 is 2.72 bits per heavy atom. The Bertz CT molecular complexity index is 524. The fourth-order valence-electron chi connectivity index (χ4n) is 2.00. The maximum atomic E-state index is 12.1. The van der Waals surface area contributed by atoms with Crippen molar-refractivity contribution in [1.82, 2.24) is 14.3 Å². The quantitative estimate of drug-likeness (QED) is 0.827. The van der Waals surface area contributed by atoms with Gasteiger partial charge < -0.3 is 0 Å². The van der Waals surface area contributed by atoms with E-state index in [-0.39, 0.29) is 11.2 Å². The molecule has 1 saturated heterocycles. The van der Waals surface area contributed by atoms with Gasteiger partial charge in [0.25, 0.3) is 0 Å². The monoisotopic (exact) mass is 269 g/mol. The van der Waals surface area contributed by atoms with E-state index in [0.29, 0.717) is 19.5 Å². The molecule has 1 aliphatic rings. The van der Waals surface area contributed by atoms with Crippen LogP contribution in [-0.4, -0.2) is 41.0 Å². The third-order valence-electron chi connectivity index (χ3n) is 3.51. The van der Waals surface area contributed by atoms with Crippen LogP contribution in [0.25, 0.3) is 0 Å². The molecule has 0 saturated carbocycles. The molecule has 5 nitrogen and oxygen atoms in total. The topological polar surface area (TPSA) is 63.2 Å². The van der Waals surface area contributed by atoms with Crippen LogP contribution < -0.4 is 0 Å². The van der Waals surface area contributed by atoms with Crippen molar-refractivity contribution in [1.29, 1.82) is 0 Å². The summed E-state index contributed by atoms with van der Waals surface area (Å²) in [4.78, 5) is 8.39. The van der Waals surface area contributed by atoms with Gasteiger partial charge in [-0.1, -0.05) is 6.92 Å². The van der Waals surface area contributed by atoms with Crippen molar-refractivity contribution in [2.24, 2.45) is 0 Å². The van der Waals surface area contributed by atoms with Gasteiger partial charge in [0.1, 0.15) is 5.82 Å². The van der Waals surface area contributed by atoms with Gasteiger partial charge in [0.15, 0.2) is 0 Å². The number of aryl methyl sites for hydroxylation is 1. The maximum Gasteiger partial charge on any atom is 0.216 e. The van der Waals surface area contributed by atoms with Crippen LogP contribution in [0.4, 0.5) is 0 Å². The van der Waals surface area contributed by atoms with Gasteiger partial charge in [-0.2, -0.15) is 0 Å². The van der Waals surface area contributed by atoms with Crippen LogP contribution in [-0.2, 0) is 10.0 Å². The largest absolute Gasteiger partial charge is 0.242 e. The summed E-state index contributed by atoms with van der Waals surface area (Å²) >= 11 is 0. The molecule has 2 heterocycles. The van der Waals surface area contributed by atoms with E-state index in [0.717, 1.165) is 11.5 Å². The lowest BCUT2D eigenvalue weighted by Crippen LogP contribution is -2.51. The molecule has 2 rings (SSSR count). The molecule has 0 amide bonds. The predicted octanol–water partition coefficient (Wildman–Crippen LogP) is 1.31. The first-order valence-corrected chi connectivity index (χ1v) is 7.74. The van der Waals surface area contributed by atoms with Crippen molar-refractivity contribution in [2.45, 2.75) is 38.4 Å². The minimum Gasteiger partial charge on any atom is -0.242 e. The lowest BCUT2D eigenvalue weighted by atomic mass is 9.99. The summed E-state index contributed by atoms with van der Waals surface area (Å²) in [5.41, 5.74) is 0.943. The van der Waals surface area contributed by atoms with E-state index < -0.39 is 10.0 Å². The molecule has 0 N–H and O–H groups in total. The maximum absolute atomic E-state index is 12.1. The van der Waals surface area contributed by atoms with Gasteiger partial charge in [-0.3, -0.25) is 0 Å². The zero-order valence-electron chi connectivity index (χ0n) is 11.0. The molecule has 0 aliphatic carbocycles. The molecular formula is C12H19N3O2S. The Kier molecular flexibility index (Phi) is 3.68. The molecule has 0 radical (unpaired) electrons. The number of hydrogen-bond donors (Lipinski definition) is 0. The highest BCUT2D eigenvalue weighted by atomic mass is 32.2. The smallest absolute Gasteiger partial charge is 0.216 e. The Labute approximate surface area is 108 Å². The molecule has 18 heavy (non-hydrogen) atoms. The first-order valence-electron chi connectivity index (χ1n) is 6.23. The SMILES string of the molecule is CC[C@H](C)S(=O)(=O)N1CC(c2ccnc(C)n2)C1. The Morgan fingerprint density at radius 2 is 2.17 bits per heavy atom. The summed E-state index contributed by atoms with van der Waals surface area (Å²) in [5, 5.41) is -0.300. The number of rotatable bonds is 4. The summed E-state index contributed by atoms with van der Waals surface area (Å²) in [6.07, 6.45) is 2.37. The van der Waals surface area contributed by atoms with Crippen LogP contribution in [0, 0.1) is 6.92 Å². The Balaban J connectivity index is 2.03. The summed E-state index contributed by atoms with van der Waals surface area (Å²) < 4.78 is 25.7. The molecule has 1 atom stereocenters. The minimum atomic E-state index is -3.11. The molecule has 1 fully saturated rings. The van der Waals surface area contributed by atoms with Gasteiger partial charge in [-0.25, -0.2) is 22.7 Å². The molecular weight excluding hydrogens is 250 g/mol. The Hall–Kier alpha value is -1.01. The van der Waals surface area contributed by atoms with E-state index in [4.69, 9.17) is 0 Å². The number of nitrogens with zero attached hydrogens (tertiary/aromatic N) is 3. The highest BCUT2D eigenvalue weighted by molar-refractivity contribution is 7.89. The van der Waals surface area contributed by atoms with Crippen LogP contribution in [0.1, 0.15) is 37.7 Å². The van der Waals surface area contributed by atoms with E-state index in [1.807, 2.05) is 19.9 Å². The van der Waals surface area contributed by atoms with Gasteiger partial charge in [-0.15, -0.1) is 0 Å². The second-order valence-corrected chi connectivity index (χ2v) is 7.16. The van der Waals surface area contributed by atoms with E-state index in [1.165, 1.54) is 0 Å². The fraction of sp³-hybridized carbons (Fsp3) is 0.667. The van der Waals surface area contributed by atoms with Gasteiger partial charge in [0.2, 0.25) is 10.0 Å². The second kappa shape index (κ2) is 4.93. The van der Waals surface area contributed by atoms with Crippen LogP contribution in [0.15, 0.2) is 12.3 Å². The van der Waals surface area contributed by atoms with Crippen molar-refractivity contribution < 1.29 is 8.42 Å². The third kappa shape index (κ3) is 2.40. The first-order chi connectivity index (χ1) is 8.45. The third-order valence-corrected chi connectivity index (χ3v) is 5.88. The zero-order chi connectivity index (χ0) is 13.3. The lowest BCUT2D eigenvalue weighted by Gasteiger charge is -2.39. The van der Waals surface area contributed by atoms with Gasteiger partial charge in [0, 0.05) is 30.9 Å². The van der Waals surface area contributed by atoms with Crippen molar-refractivity contribution in [3.05, 3.63) is 23.8 Å². The van der Waals surface area contributed by atoms with Gasteiger partial charge >= 0.3 is 0 Å².